The van der Waals surface area contributed by atoms with Gasteiger partial charge in [-0.05, 0) is 45.0 Å². The lowest BCUT2D eigenvalue weighted by molar-refractivity contribution is 0.383. The summed E-state index contributed by atoms with van der Waals surface area (Å²) in [5, 5.41) is 0. The van der Waals surface area contributed by atoms with Crippen LogP contribution >= 0.6 is 11.3 Å². The molecule has 4 nitrogen and oxygen atoms in total. The molecule has 0 amide bonds. The third kappa shape index (κ3) is 4.32. The van der Waals surface area contributed by atoms with Gasteiger partial charge < -0.3 is 0 Å². The van der Waals surface area contributed by atoms with Crippen molar-refractivity contribution in [3.8, 4) is 11.8 Å². The lowest BCUT2D eigenvalue weighted by atomic mass is 10.4. The van der Waals surface area contributed by atoms with Crippen LogP contribution in [-0.4, -0.2) is 39.5 Å². The molecule has 0 spiro atoms. The highest BCUT2D eigenvalue weighted by Crippen LogP contribution is 2.19. The zero-order valence-corrected chi connectivity index (χ0v) is 12.6. The van der Waals surface area contributed by atoms with Crippen molar-refractivity contribution in [3.05, 3.63) is 17.0 Å². The number of nitrogens with zero attached hydrogens (tertiary/aromatic N) is 1. The number of hydrogen-bond acceptors (Lipinski definition) is 4. The van der Waals surface area contributed by atoms with E-state index in [0.717, 1.165) is 24.5 Å². The second-order valence-electron chi connectivity index (χ2n) is 4.53. The molecule has 0 bridgehead atoms. The molecule has 104 valence electrons. The van der Waals surface area contributed by atoms with Gasteiger partial charge in [0.2, 0.25) is 0 Å². The smallest absolute Gasteiger partial charge is 0.250 e. The summed E-state index contributed by atoms with van der Waals surface area (Å²) in [6.07, 6.45) is 2.48. The third-order valence-electron chi connectivity index (χ3n) is 2.96. The van der Waals surface area contributed by atoms with Crippen LogP contribution in [0.15, 0.2) is 16.3 Å². The first-order valence-electron chi connectivity index (χ1n) is 6.32. The Hall–Kier alpha value is -0.870. The van der Waals surface area contributed by atoms with Crippen molar-refractivity contribution >= 4 is 21.4 Å². The number of sulfonamides is 1. The van der Waals surface area contributed by atoms with E-state index in [1.54, 1.807) is 12.1 Å². The number of aryl methyl sites for hydroxylation is 1. The number of nitrogens with one attached hydrogen (secondary N) is 1. The molecule has 2 heterocycles. The number of rotatable bonds is 4. The molecule has 6 heteroatoms. The van der Waals surface area contributed by atoms with Crippen LogP contribution in [-0.2, 0) is 10.0 Å². The number of hydrogen-bond donors (Lipinski definition) is 1. The highest BCUT2D eigenvalue weighted by molar-refractivity contribution is 7.91. The first-order chi connectivity index (χ1) is 9.08. The molecule has 1 aromatic rings. The summed E-state index contributed by atoms with van der Waals surface area (Å²) < 4.78 is 26.6. The first-order valence-corrected chi connectivity index (χ1v) is 8.62. The van der Waals surface area contributed by atoms with Crippen LogP contribution in [0.3, 0.4) is 0 Å². The molecule has 1 aliphatic rings. The van der Waals surface area contributed by atoms with E-state index in [1.807, 2.05) is 6.92 Å². The zero-order chi connectivity index (χ0) is 13.7. The fourth-order valence-electron chi connectivity index (χ4n) is 1.93. The van der Waals surface area contributed by atoms with Gasteiger partial charge in [0.1, 0.15) is 4.21 Å². The maximum atomic E-state index is 11.9. The van der Waals surface area contributed by atoms with Gasteiger partial charge in [-0.3, -0.25) is 4.90 Å². The maximum Gasteiger partial charge on any atom is 0.250 e. The molecular formula is C13H18N2O2S2. The normalized spacial score (nSPS) is 16.3. The maximum absolute atomic E-state index is 11.9. The van der Waals surface area contributed by atoms with Gasteiger partial charge in [0.05, 0.1) is 13.1 Å². The molecule has 0 aromatic carbocycles. The van der Waals surface area contributed by atoms with E-state index >= 15 is 0 Å². The van der Waals surface area contributed by atoms with E-state index < -0.39 is 10.0 Å². The van der Waals surface area contributed by atoms with Gasteiger partial charge in [0.25, 0.3) is 10.0 Å². The quantitative estimate of drug-likeness (QED) is 0.856. The van der Waals surface area contributed by atoms with Crippen molar-refractivity contribution in [1.29, 1.82) is 0 Å². The fourth-order valence-corrected chi connectivity index (χ4v) is 4.18. The minimum atomic E-state index is -3.39. The van der Waals surface area contributed by atoms with Crippen molar-refractivity contribution in [2.24, 2.45) is 0 Å². The predicted molar refractivity (Wildman–Crippen MR) is 77.7 cm³/mol. The molecule has 0 aliphatic carbocycles. The second kappa shape index (κ2) is 6.53. The van der Waals surface area contributed by atoms with Crippen LogP contribution < -0.4 is 4.72 Å². The highest BCUT2D eigenvalue weighted by atomic mass is 32.2. The van der Waals surface area contributed by atoms with E-state index in [2.05, 4.69) is 21.5 Å². The van der Waals surface area contributed by atoms with Crippen LogP contribution in [0.25, 0.3) is 0 Å². The Morgan fingerprint density at radius 1 is 1.32 bits per heavy atom. The lowest BCUT2D eigenvalue weighted by Crippen LogP contribution is -2.23. The van der Waals surface area contributed by atoms with Crippen molar-refractivity contribution in [2.45, 2.75) is 24.0 Å². The van der Waals surface area contributed by atoms with E-state index in [4.69, 9.17) is 0 Å². The molecule has 0 saturated carbocycles. The summed E-state index contributed by atoms with van der Waals surface area (Å²) in [6, 6.07) is 3.43. The van der Waals surface area contributed by atoms with Gasteiger partial charge in [-0.15, -0.1) is 11.3 Å². The van der Waals surface area contributed by atoms with Gasteiger partial charge in [-0.25, -0.2) is 8.42 Å². The van der Waals surface area contributed by atoms with Gasteiger partial charge in [-0.2, -0.15) is 4.72 Å². The minimum absolute atomic E-state index is 0.174. The number of likely N-dealkylation sites (tertiary alicyclic amines) is 1. The van der Waals surface area contributed by atoms with Crippen molar-refractivity contribution in [1.82, 2.24) is 9.62 Å². The Balaban J connectivity index is 1.80. The van der Waals surface area contributed by atoms with E-state index in [0.29, 0.717) is 4.21 Å². The zero-order valence-electron chi connectivity index (χ0n) is 11.0. The lowest BCUT2D eigenvalue weighted by Gasteiger charge is -2.08. The first kappa shape index (κ1) is 14.5. The molecule has 19 heavy (non-hydrogen) atoms. The monoisotopic (exact) mass is 298 g/mol. The average Bonchev–Trinajstić information content (AvgIpc) is 3.00. The van der Waals surface area contributed by atoms with Crippen LogP contribution in [0.4, 0.5) is 0 Å². The predicted octanol–water partition coefficient (Wildman–Crippen LogP) is 1.43. The fraction of sp³-hybridized carbons (Fsp3) is 0.538. The van der Waals surface area contributed by atoms with E-state index in [-0.39, 0.29) is 6.54 Å². The van der Waals surface area contributed by atoms with Crippen LogP contribution in [0.1, 0.15) is 17.7 Å². The largest absolute Gasteiger partial charge is 0.292 e. The Bertz CT molecular complexity index is 575. The molecule has 0 unspecified atom stereocenters. The van der Waals surface area contributed by atoms with Gasteiger partial charge >= 0.3 is 0 Å². The molecule has 0 atom stereocenters. The summed E-state index contributed by atoms with van der Waals surface area (Å²) in [5.74, 6) is 5.88. The van der Waals surface area contributed by atoms with Crippen molar-refractivity contribution in [2.75, 3.05) is 26.2 Å². The van der Waals surface area contributed by atoms with Gasteiger partial charge in [-0.1, -0.05) is 11.8 Å². The van der Waals surface area contributed by atoms with Gasteiger partial charge in [0.15, 0.2) is 0 Å². The van der Waals surface area contributed by atoms with Gasteiger partial charge in [0, 0.05) is 4.88 Å². The SMILES string of the molecule is Cc1ccc(S(=O)(=O)NCC#CCN2CCCC2)s1. The Morgan fingerprint density at radius 2 is 2.05 bits per heavy atom. The Morgan fingerprint density at radius 3 is 2.68 bits per heavy atom. The van der Waals surface area contributed by atoms with Crippen molar-refractivity contribution in [3.63, 3.8) is 0 Å². The molecule has 1 fully saturated rings. The molecule has 2 rings (SSSR count). The Labute approximate surface area is 118 Å². The molecule has 0 radical (unpaired) electrons. The third-order valence-corrected chi connectivity index (χ3v) is 5.85. The summed E-state index contributed by atoms with van der Waals surface area (Å²) in [7, 11) is -3.39. The van der Waals surface area contributed by atoms with E-state index in [9.17, 15) is 8.42 Å². The summed E-state index contributed by atoms with van der Waals surface area (Å²) in [5.41, 5.74) is 0. The minimum Gasteiger partial charge on any atom is -0.292 e. The standard InChI is InChI=1S/C13H18N2O2S2/c1-12-6-7-13(18-12)19(16,17)14-8-2-3-9-15-10-4-5-11-15/h6-7,14H,4-5,8-11H2,1H3. The molecule has 1 aliphatic heterocycles. The number of thiophene rings is 1. The molecular weight excluding hydrogens is 280 g/mol. The topological polar surface area (TPSA) is 49.4 Å². The summed E-state index contributed by atoms with van der Waals surface area (Å²) in [6.45, 7) is 5.01. The van der Waals surface area contributed by atoms with E-state index in [1.165, 1.54) is 24.2 Å². The molecule has 1 N–H and O–H groups in total. The highest BCUT2D eigenvalue weighted by Gasteiger charge is 2.14. The van der Waals surface area contributed by atoms with Crippen molar-refractivity contribution < 1.29 is 8.42 Å². The second-order valence-corrected chi connectivity index (χ2v) is 7.81. The molecule has 1 aromatic heterocycles. The Kier molecular flexibility index (Phi) is 4.99. The van der Waals surface area contributed by atoms with Crippen LogP contribution in [0, 0.1) is 18.8 Å². The molecule has 1 saturated heterocycles. The average molecular weight is 298 g/mol. The summed E-state index contributed by atoms with van der Waals surface area (Å²) in [4.78, 5) is 3.27. The van der Waals surface area contributed by atoms with Crippen LogP contribution in [0.5, 0.6) is 0 Å². The summed E-state index contributed by atoms with van der Waals surface area (Å²) >= 11 is 1.27. The van der Waals surface area contributed by atoms with Crippen LogP contribution in [0.2, 0.25) is 0 Å².